The average Bonchev–Trinajstić information content (AvgIpc) is 2.36. The third kappa shape index (κ3) is 2.61. The predicted octanol–water partition coefficient (Wildman–Crippen LogP) is 2.65. The SMILES string of the molecule is COC(=O)CCc1ccc2nccc(C)c2c1. The number of methoxy groups -OCH3 is 1. The Kier molecular flexibility index (Phi) is 3.38. The number of aryl methyl sites for hydroxylation is 2. The number of ether oxygens (including phenoxy) is 1. The smallest absolute Gasteiger partial charge is 0.305 e. The van der Waals surface area contributed by atoms with E-state index in [0.717, 1.165) is 16.5 Å². The number of fused-ring (bicyclic) bond motifs is 1. The van der Waals surface area contributed by atoms with E-state index in [2.05, 4.69) is 22.7 Å². The number of carbonyl (C=O) groups is 1. The van der Waals surface area contributed by atoms with Crippen LogP contribution in [0.15, 0.2) is 30.5 Å². The first-order chi connectivity index (χ1) is 8.20. The summed E-state index contributed by atoms with van der Waals surface area (Å²) < 4.78 is 4.63. The Balaban J connectivity index is 2.25. The number of rotatable bonds is 3. The van der Waals surface area contributed by atoms with Crippen molar-refractivity contribution in [3.05, 3.63) is 41.6 Å². The van der Waals surface area contributed by atoms with E-state index in [-0.39, 0.29) is 5.97 Å². The van der Waals surface area contributed by atoms with Gasteiger partial charge in [0.15, 0.2) is 0 Å². The predicted molar refractivity (Wildman–Crippen MR) is 66.8 cm³/mol. The first-order valence-corrected chi connectivity index (χ1v) is 5.62. The van der Waals surface area contributed by atoms with E-state index < -0.39 is 0 Å². The molecule has 0 amide bonds. The summed E-state index contributed by atoms with van der Waals surface area (Å²) in [5.41, 5.74) is 3.33. The fraction of sp³-hybridized carbons (Fsp3) is 0.286. The minimum absolute atomic E-state index is 0.173. The van der Waals surface area contributed by atoms with E-state index in [1.807, 2.05) is 24.4 Å². The molecular weight excluding hydrogens is 214 g/mol. The number of hydrogen-bond donors (Lipinski definition) is 0. The Morgan fingerprint density at radius 3 is 2.94 bits per heavy atom. The zero-order valence-corrected chi connectivity index (χ0v) is 10.1. The minimum Gasteiger partial charge on any atom is -0.469 e. The van der Waals surface area contributed by atoms with Gasteiger partial charge < -0.3 is 4.74 Å². The Morgan fingerprint density at radius 2 is 2.18 bits per heavy atom. The molecule has 0 aliphatic rings. The Labute approximate surface area is 100 Å². The van der Waals surface area contributed by atoms with Crippen LogP contribution in [-0.4, -0.2) is 18.1 Å². The average molecular weight is 229 g/mol. The van der Waals surface area contributed by atoms with Gasteiger partial charge in [0, 0.05) is 18.0 Å². The molecule has 0 atom stereocenters. The monoisotopic (exact) mass is 229 g/mol. The fourth-order valence-corrected chi connectivity index (χ4v) is 1.83. The molecular formula is C14H15NO2. The molecule has 1 aromatic heterocycles. The molecule has 0 fully saturated rings. The Bertz CT molecular complexity index is 549. The van der Waals surface area contributed by atoms with E-state index in [9.17, 15) is 4.79 Å². The van der Waals surface area contributed by atoms with E-state index in [0.29, 0.717) is 12.8 Å². The van der Waals surface area contributed by atoms with Crippen LogP contribution in [0.2, 0.25) is 0 Å². The lowest BCUT2D eigenvalue weighted by atomic mass is 10.0. The number of benzene rings is 1. The van der Waals surface area contributed by atoms with Gasteiger partial charge in [-0.2, -0.15) is 0 Å². The van der Waals surface area contributed by atoms with Crippen molar-refractivity contribution in [2.75, 3.05) is 7.11 Å². The lowest BCUT2D eigenvalue weighted by molar-refractivity contribution is -0.140. The van der Waals surface area contributed by atoms with Crippen molar-refractivity contribution in [3.63, 3.8) is 0 Å². The number of hydrogen-bond acceptors (Lipinski definition) is 3. The molecule has 0 saturated heterocycles. The van der Waals surface area contributed by atoms with Crippen molar-refractivity contribution < 1.29 is 9.53 Å². The highest BCUT2D eigenvalue weighted by Crippen LogP contribution is 2.18. The van der Waals surface area contributed by atoms with Gasteiger partial charge in [0.25, 0.3) is 0 Å². The highest BCUT2D eigenvalue weighted by molar-refractivity contribution is 5.82. The quantitative estimate of drug-likeness (QED) is 0.759. The van der Waals surface area contributed by atoms with Gasteiger partial charge in [-0.1, -0.05) is 6.07 Å². The van der Waals surface area contributed by atoms with Gasteiger partial charge in [-0.25, -0.2) is 0 Å². The molecule has 2 aromatic rings. The number of esters is 1. The summed E-state index contributed by atoms with van der Waals surface area (Å²) >= 11 is 0. The van der Waals surface area contributed by atoms with Crippen LogP contribution in [0.1, 0.15) is 17.5 Å². The molecule has 88 valence electrons. The third-order valence-corrected chi connectivity index (χ3v) is 2.87. The van der Waals surface area contributed by atoms with Crippen LogP contribution in [0.3, 0.4) is 0 Å². The maximum absolute atomic E-state index is 11.1. The number of aromatic nitrogens is 1. The standard InChI is InChI=1S/C14H15NO2/c1-10-7-8-15-13-5-3-11(9-12(10)13)4-6-14(16)17-2/h3,5,7-9H,4,6H2,1-2H3. The molecule has 2 rings (SSSR count). The molecule has 0 radical (unpaired) electrons. The molecule has 0 aliphatic heterocycles. The maximum Gasteiger partial charge on any atom is 0.305 e. The zero-order chi connectivity index (χ0) is 12.3. The molecule has 0 saturated carbocycles. The minimum atomic E-state index is -0.173. The molecule has 0 bridgehead atoms. The fourth-order valence-electron chi connectivity index (χ4n) is 1.83. The molecule has 0 aliphatic carbocycles. The molecule has 0 unspecified atom stereocenters. The highest BCUT2D eigenvalue weighted by atomic mass is 16.5. The second kappa shape index (κ2) is 4.95. The summed E-state index contributed by atoms with van der Waals surface area (Å²) in [5, 5.41) is 1.15. The third-order valence-electron chi connectivity index (χ3n) is 2.87. The molecule has 0 N–H and O–H groups in total. The van der Waals surface area contributed by atoms with Crippen molar-refractivity contribution in [2.45, 2.75) is 19.8 Å². The second-order valence-electron chi connectivity index (χ2n) is 4.06. The molecule has 17 heavy (non-hydrogen) atoms. The normalized spacial score (nSPS) is 10.5. The summed E-state index contributed by atoms with van der Waals surface area (Å²) in [5.74, 6) is -0.173. The van der Waals surface area contributed by atoms with Crippen LogP contribution in [0, 0.1) is 6.92 Å². The van der Waals surface area contributed by atoms with Crippen LogP contribution in [0.4, 0.5) is 0 Å². The summed E-state index contributed by atoms with van der Waals surface area (Å²) in [7, 11) is 1.41. The summed E-state index contributed by atoms with van der Waals surface area (Å²) in [4.78, 5) is 15.4. The van der Waals surface area contributed by atoms with Gasteiger partial charge in [-0.05, 0) is 42.7 Å². The van der Waals surface area contributed by atoms with Crippen LogP contribution < -0.4 is 0 Å². The number of nitrogens with zero attached hydrogens (tertiary/aromatic N) is 1. The first-order valence-electron chi connectivity index (χ1n) is 5.62. The highest BCUT2D eigenvalue weighted by Gasteiger charge is 2.03. The van der Waals surface area contributed by atoms with Crippen LogP contribution in [0.25, 0.3) is 10.9 Å². The van der Waals surface area contributed by atoms with Gasteiger partial charge in [0.05, 0.1) is 12.6 Å². The van der Waals surface area contributed by atoms with Crippen LogP contribution in [0.5, 0.6) is 0 Å². The van der Waals surface area contributed by atoms with E-state index in [1.165, 1.54) is 12.7 Å². The van der Waals surface area contributed by atoms with Gasteiger partial charge >= 0.3 is 5.97 Å². The van der Waals surface area contributed by atoms with Crippen molar-refractivity contribution in [2.24, 2.45) is 0 Å². The largest absolute Gasteiger partial charge is 0.469 e. The molecule has 3 nitrogen and oxygen atoms in total. The van der Waals surface area contributed by atoms with E-state index >= 15 is 0 Å². The first kappa shape index (κ1) is 11.6. The second-order valence-corrected chi connectivity index (χ2v) is 4.06. The Hall–Kier alpha value is -1.90. The lowest BCUT2D eigenvalue weighted by Crippen LogP contribution is -2.01. The molecule has 3 heteroatoms. The van der Waals surface area contributed by atoms with Gasteiger partial charge in [-0.3, -0.25) is 9.78 Å². The van der Waals surface area contributed by atoms with Crippen molar-refractivity contribution in [3.8, 4) is 0 Å². The summed E-state index contributed by atoms with van der Waals surface area (Å²) in [6.07, 6.45) is 2.93. The zero-order valence-electron chi connectivity index (χ0n) is 10.1. The van der Waals surface area contributed by atoms with Crippen molar-refractivity contribution in [1.82, 2.24) is 4.98 Å². The van der Waals surface area contributed by atoms with Gasteiger partial charge in [0.1, 0.15) is 0 Å². The summed E-state index contributed by atoms with van der Waals surface area (Å²) in [6, 6.07) is 8.10. The van der Waals surface area contributed by atoms with Gasteiger partial charge in [0.2, 0.25) is 0 Å². The number of carbonyl (C=O) groups excluding carboxylic acids is 1. The summed E-state index contributed by atoms with van der Waals surface area (Å²) in [6.45, 7) is 2.06. The molecule has 1 heterocycles. The van der Waals surface area contributed by atoms with Crippen LogP contribution in [-0.2, 0) is 16.0 Å². The van der Waals surface area contributed by atoms with Crippen molar-refractivity contribution >= 4 is 16.9 Å². The van der Waals surface area contributed by atoms with E-state index in [4.69, 9.17) is 0 Å². The van der Waals surface area contributed by atoms with E-state index in [1.54, 1.807) is 0 Å². The molecule has 0 spiro atoms. The van der Waals surface area contributed by atoms with Crippen molar-refractivity contribution in [1.29, 1.82) is 0 Å². The topological polar surface area (TPSA) is 39.2 Å². The number of pyridine rings is 1. The molecule has 1 aromatic carbocycles. The van der Waals surface area contributed by atoms with Gasteiger partial charge in [-0.15, -0.1) is 0 Å². The lowest BCUT2D eigenvalue weighted by Gasteiger charge is -2.05. The van der Waals surface area contributed by atoms with Crippen LogP contribution >= 0.6 is 0 Å². The maximum atomic E-state index is 11.1. The Morgan fingerprint density at radius 1 is 1.35 bits per heavy atom.